The van der Waals surface area contributed by atoms with Gasteiger partial charge in [-0.2, -0.15) is 0 Å². The zero-order valence-corrected chi connectivity index (χ0v) is 10.9. The molecule has 0 aliphatic rings. The van der Waals surface area contributed by atoms with Crippen LogP contribution in [0, 0.1) is 18.3 Å². The average Bonchev–Trinajstić information content (AvgIpc) is 2.43. The maximum Gasteiger partial charge on any atom is 0.118 e. The van der Waals surface area contributed by atoms with Gasteiger partial charge in [0, 0.05) is 5.92 Å². The van der Waals surface area contributed by atoms with Crippen LogP contribution in [0.2, 0.25) is 0 Å². The van der Waals surface area contributed by atoms with E-state index < -0.39 is 0 Å². The van der Waals surface area contributed by atoms with Crippen LogP contribution in [0.5, 0.6) is 5.75 Å². The van der Waals surface area contributed by atoms with Crippen molar-refractivity contribution < 1.29 is 14.6 Å². The third-order valence-electron chi connectivity index (χ3n) is 2.75. The van der Waals surface area contributed by atoms with Gasteiger partial charge in [-0.1, -0.05) is 19.1 Å². The van der Waals surface area contributed by atoms with E-state index in [4.69, 9.17) is 15.9 Å². The van der Waals surface area contributed by atoms with E-state index in [9.17, 15) is 5.11 Å². The number of rotatable bonds is 7. The summed E-state index contributed by atoms with van der Waals surface area (Å²) in [5.41, 5.74) is 1.04. The van der Waals surface area contributed by atoms with Gasteiger partial charge in [0.1, 0.15) is 5.75 Å². The van der Waals surface area contributed by atoms with Crippen molar-refractivity contribution >= 4 is 0 Å². The Hall–Kier alpha value is -1.50. The molecule has 0 bridgehead atoms. The number of aliphatic hydroxyl groups is 1. The van der Waals surface area contributed by atoms with Gasteiger partial charge in [0.15, 0.2) is 0 Å². The fraction of sp³-hybridized carbons (Fsp3) is 0.467. The molecule has 0 saturated heterocycles. The highest BCUT2D eigenvalue weighted by atomic mass is 16.5. The Morgan fingerprint density at radius 3 is 2.50 bits per heavy atom. The largest absolute Gasteiger partial charge is 0.497 e. The molecule has 0 unspecified atom stereocenters. The average molecular weight is 248 g/mol. The van der Waals surface area contributed by atoms with E-state index in [0.29, 0.717) is 13.0 Å². The minimum absolute atomic E-state index is 0.0117. The van der Waals surface area contributed by atoms with Crippen LogP contribution in [-0.4, -0.2) is 24.9 Å². The molecule has 0 radical (unpaired) electrons. The molecule has 1 N–H and O–H groups in total. The molecule has 0 amide bonds. The highest BCUT2D eigenvalue weighted by molar-refractivity contribution is 5.26. The molecule has 0 aliphatic heterocycles. The first-order valence-corrected chi connectivity index (χ1v) is 6.01. The standard InChI is InChI=1S/C15H20O3/c1-4-12(2)9-15(10-16)18-11-13-5-7-14(17-3)8-6-13/h1,5-8,12,15-16H,9-11H2,2-3H3/t12-,15-/m0/s1. The summed E-state index contributed by atoms with van der Waals surface area (Å²) in [5, 5.41) is 9.22. The Balaban J connectivity index is 2.44. The topological polar surface area (TPSA) is 38.7 Å². The van der Waals surface area contributed by atoms with E-state index in [2.05, 4.69) is 5.92 Å². The summed E-state index contributed by atoms with van der Waals surface area (Å²) in [6.07, 6.45) is 5.77. The first-order chi connectivity index (χ1) is 8.69. The maximum atomic E-state index is 9.22. The Kier molecular flexibility index (Phi) is 6.27. The van der Waals surface area contributed by atoms with Gasteiger partial charge in [-0.05, 0) is 24.1 Å². The van der Waals surface area contributed by atoms with Crippen LogP contribution >= 0.6 is 0 Å². The third-order valence-corrected chi connectivity index (χ3v) is 2.75. The second-order valence-corrected chi connectivity index (χ2v) is 4.27. The van der Waals surface area contributed by atoms with Gasteiger partial charge in [0.05, 0.1) is 26.4 Å². The summed E-state index contributed by atoms with van der Waals surface area (Å²) in [6, 6.07) is 7.66. The second kappa shape index (κ2) is 7.75. The highest BCUT2D eigenvalue weighted by Gasteiger charge is 2.11. The zero-order valence-electron chi connectivity index (χ0n) is 10.9. The summed E-state index contributed by atoms with van der Waals surface area (Å²) in [4.78, 5) is 0. The number of hydrogen-bond acceptors (Lipinski definition) is 3. The molecule has 0 aliphatic carbocycles. The van der Waals surface area contributed by atoms with E-state index in [-0.39, 0.29) is 18.6 Å². The monoisotopic (exact) mass is 248 g/mol. The van der Waals surface area contributed by atoms with Crippen molar-refractivity contribution in [2.75, 3.05) is 13.7 Å². The lowest BCUT2D eigenvalue weighted by atomic mass is 10.1. The lowest BCUT2D eigenvalue weighted by molar-refractivity contribution is -0.00652. The summed E-state index contributed by atoms with van der Waals surface area (Å²) in [7, 11) is 1.63. The first kappa shape index (κ1) is 14.6. The predicted octanol–water partition coefficient (Wildman–Crippen LogP) is 2.23. The van der Waals surface area contributed by atoms with E-state index in [0.717, 1.165) is 11.3 Å². The van der Waals surface area contributed by atoms with Crippen molar-refractivity contribution in [1.29, 1.82) is 0 Å². The number of aliphatic hydroxyl groups excluding tert-OH is 1. The number of hydrogen-bond donors (Lipinski definition) is 1. The molecule has 18 heavy (non-hydrogen) atoms. The quantitative estimate of drug-likeness (QED) is 0.752. The molecule has 1 rings (SSSR count). The number of methoxy groups -OCH3 is 1. The van der Waals surface area contributed by atoms with Crippen LogP contribution in [0.4, 0.5) is 0 Å². The molecular weight excluding hydrogens is 228 g/mol. The van der Waals surface area contributed by atoms with Gasteiger partial charge in [0.25, 0.3) is 0 Å². The van der Waals surface area contributed by atoms with Gasteiger partial charge in [0.2, 0.25) is 0 Å². The SMILES string of the molecule is C#C[C@H](C)C[C@@H](CO)OCc1ccc(OC)cc1. The van der Waals surface area contributed by atoms with Gasteiger partial charge >= 0.3 is 0 Å². The van der Waals surface area contributed by atoms with Gasteiger partial charge in [-0.15, -0.1) is 12.3 Å². The van der Waals surface area contributed by atoms with Crippen molar-refractivity contribution in [3.05, 3.63) is 29.8 Å². The van der Waals surface area contributed by atoms with Crippen molar-refractivity contribution in [3.63, 3.8) is 0 Å². The van der Waals surface area contributed by atoms with Gasteiger partial charge in [-0.25, -0.2) is 0 Å². The molecule has 1 aromatic rings. The minimum Gasteiger partial charge on any atom is -0.497 e. The normalized spacial score (nSPS) is 13.7. The lowest BCUT2D eigenvalue weighted by Crippen LogP contribution is -2.20. The van der Waals surface area contributed by atoms with Crippen LogP contribution in [0.15, 0.2) is 24.3 Å². The van der Waals surface area contributed by atoms with Crippen LogP contribution in [0.1, 0.15) is 18.9 Å². The predicted molar refractivity (Wildman–Crippen MR) is 71.3 cm³/mol. The van der Waals surface area contributed by atoms with Crippen molar-refractivity contribution in [2.45, 2.75) is 26.1 Å². The molecule has 0 fully saturated rings. The second-order valence-electron chi connectivity index (χ2n) is 4.27. The molecule has 2 atom stereocenters. The van der Waals surface area contributed by atoms with Crippen molar-refractivity contribution in [2.24, 2.45) is 5.92 Å². The molecule has 3 heteroatoms. The molecule has 0 aromatic heterocycles. The molecular formula is C15H20O3. The Morgan fingerprint density at radius 2 is 2.00 bits per heavy atom. The van der Waals surface area contributed by atoms with E-state index >= 15 is 0 Å². The molecule has 98 valence electrons. The van der Waals surface area contributed by atoms with Crippen LogP contribution < -0.4 is 4.74 Å². The molecule has 0 saturated carbocycles. The number of ether oxygens (including phenoxy) is 2. The molecule has 1 aromatic carbocycles. The maximum absolute atomic E-state index is 9.22. The smallest absolute Gasteiger partial charge is 0.118 e. The van der Waals surface area contributed by atoms with Crippen LogP contribution in [-0.2, 0) is 11.3 Å². The van der Waals surface area contributed by atoms with Crippen molar-refractivity contribution in [1.82, 2.24) is 0 Å². The summed E-state index contributed by atoms with van der Waals surface area (Å²) < 4.78 is 10.7. The number of terminal acetylenes is 1. The van der Waals surface area contributed by atoms with Crippen molar-refractivity contribution in [3.8, 4) is 18.1 Å². The molecule has 0 heterocycles. The zero-order chi connectivity index (χ0) is 13.4. The fourth-order valence-corrected chi connectivity index (χ4v) is 1.59. The van der Waals surface area contributed by atoms with E-state index in [1.54, 1.807) is 7.11 Å². The van der Waals surface area contributed by atoms with Crippen LogP contribution in [0.25, 0.3) is 0 Å². The third kappa shape index (κ3) is 4.79. The van der Waals surface area contributed by atoms with E-state index in [1.165, 1.54) is 0 Å². The number of benzene rings is 1. The lowest BCUT2D eigenvalue weighted by Gasteiger charge is -2.17. The first-order valence-electron chi connectivity index (χ1n) is 6.01. The van der Waals surface area contributed by atoms with Gasteiger partial charge in [-0.3, -0.25) is 0 Å². The summed E-state index contributed by atoms with van der Waals surface area (Å²) in [6.45, 7) is 2.40. The molecule has 3 nitrogen and oxygen atoms in total. The fourth-order valence-electron chi connectivity index (χ4n) is 1.59. The summed E-state index contributed by atoms with van der Waals surface area (Å²) >= 11 is 0. The van der Waals surface area contributed by atoms with E-state index in [1.807, 2.05) is 31.2 Å². The Labute approximate surface area is 109 Å². The minimum atomic E-state index is -0.210. The van der Waals surface area contributed by atoms with Crippen LogP contribution in [0.3, 0.4) is 0 Å². The van der Waals surface area contributed by atoms with Gasteiger partial charge < -0.3 is 14.6 Å². The highest BCUT2D eigenvalue weighted by Crippen LogP contribution is 2.14. The Morgan fingerprint density at radius 1 is 1.33 bits per heavy atom. The summed E-state index contributed by atoms with van der Waals surface area (Å²) in [5.74, 6) is 3.56. The Bertz CT molecular complexity index is 378. The molecule has 0 spiro atoms.